The monoisotopic (exact) mass is 197 g/mol. The van der Waals surface area contributed by atoms with Crippen molar-refractivity contribution < 1.29 is 9.63 Å². The van der Waals surface area contributed by atoms with E-state index in [1.165, 1.54) is 18.2 Å². The summed E-state index contributed by atoms with van der Waals surface area (Å²) in [7, 11) is 3.05. The fraction of sp³-hybridized carbons (Fsp3) is 0.545. The van der Waals surface area contributed by atoms with Gasteiger partial charge in [0.25, 0.3) is 5.91 Å². The van der Waals surface area contributed by atoms with Crippen LogP contribution in [0.2, 0.25) is 0 Å². The number of nitrogens with zero attached hydrogens (tertiary/aromatic N) is 1. The van der Waals surface area contributed by atoms with Crippen LogP contribution in [0.15, 0.2) is 24.3 Å². The standard InChI is InChI=1S/C11H19NO2/c1-4-5-6-7-8-9-10-11(13)12(2)14-3/h5-6,9-10H,4,7-8H2,1-3H3/b6-5-,10-9+. The average molecular weight is 197 g/mol. The molecule has 0 saturated heterocycles. The predicted molar refractivity (Wildman–Crippen MR) is 57.6 cm³/mol. The van der Waals surface area contributed by atoms with E-state index in [0.29, 0.717) is 0 Å². The Kier molecular flexibility index (Phi) is 7.84. The quantitative estimate of drug-likeness (QED) is 0.283. The van der Waals surface area contributed by atoms with Gasteiger partial charge < -0.3 is 0 Å². The Balaban J connectivity index is 3.62. The summed E-state index contributed by atoms with van der Waals surface area (Å²) < 4.78 is 0. The zero-order valence-electron chi connectivity index (χ0n) is 9.19. The van der Waals surface area contributed by atoms with Gasteiger partial charge in [0.2, 0.25) is 0 Å². The molecule has 3 nitrogen and oxygen atoms in total. The van der Waals surface area contributed by atoms with Crippen LogP contribution < -0.4 is 0 Å². The maximum atomic E-state index is 11.2. The van der Waals surface area contributed by atoms with Crippen LogP contribution in [0.5, 0.6) is 0 Å². The number of hydrogen-bond acceptors (Lipinski definition) is 2. The number of hydrogen-bond donors (Lipinski definition) is 0. The molecule has 14 heavy (non-hydrogen) atoms. The predicted octanol–water partition coefficient (Wildman–Crippen LogP) is 2.31. The molecule has 0 fully saturated rings. The number of hydroxylamine groups is 2. The highest BCUT2D eigenvalue weighted by molar-refractivity contribution is 5.86. The van der Waals surface area contributed by atoms with Gasteiger partial charge >= 0.3 is 0 Å². The number of unbranched alkanes of at least 4 members (excludes halogenated alkanes) is 1. The zero-order valence-corrected chi connectivity index (χ0v) is 9.19. The first kappa shape index (κ1) is 12.9. The van der Waals surface area contributed by atoms with Crippen LogP contribution in [-0.4, -0.2) is 25.1 Å². The highest BCUT2D eigenvalue weighted by Crippen LogP contribution is 1.95. The second-order valence-electron chi connectivity index (χ2n) is 2.88. The molecule has 0 aromatic rings. The fourth-order valence-electron chi connectivity index (χ4n) is 0.856. The van der Waals surface area contributed by atoms with Gasteiger partial charge in [0.1, 0.15) is 0 Å². The van der Waals surface area contributed by atoms with E-state index in [4.69, 9.17) is 4.84 Å². The van der Waals surface area contributed by atoms with Crippen molar-refractivity contribution >= 4 is 5.91 Å². The van der Waals surface area contributed by atoms with Gasteiger partial charge in [-0.1, -0.05) is 25.2 Å². The number of amides is 1. The van der Waals surface area contributed by atoms with Crippen LogP contribution in [0.3, 0.4) is 0 Å². The Morgan fingerprint density at radius 3 is 2.50 bits per heavy atom. The number of likely N-dealkylation sites (N-methyl/N-ethyl adjacent to an activating group) is 1. The van der Waals surface area contributed by atoms with Crippen molar-refractivity contribution in [2.24, 2.45) is 0 Å². The van der Waals surface area contributed by atoms with Crippen LogP contribution >= 0.6 is 0 Å². The summed E-state index contributed by atoms with van der Waals surface area (Å²) in [6, 6.07) is 0. The SMILES string of the molecule is CC/C=C\CC/C=C/C(=O)N(C)OC. The van der Waals surface area contributed by atoms with E-state index in [-0.39, 0.29) is 5.91 Å². The van der Waals surface area contributed by atoms with Crippen molar-refractivity contribution in [3.05, 3.63) is 24.3 Å². The van der Waals surface area contributed by atoms with E-state index in [1.54, 1.807) is 7.05 Å². The van der Waals surface area contributed by atoms with Gasteiger partial charge in [-0.15, -0.1) is 0 Å². The third kappa shape index (κ3) is 6.43. The molecular weight excluding hydrogens is 178 g/mol. The Labute approximate surface area is 86.0 Å². The largest absolute Gasteiger partial charge is 0.274 e. The lowest BCUT2D eigenvalue weighted by atomic mass is 10.2. The molecule has 0 aliphatic carbocycles. The molecule has 0 atom stereocenters. The third-order valence-corrected chi connectivity index (χ3v) is 1.75. The van der Waals surface area contributed by atoms with Crippen molar-refractivity contribution in [1.29, 1.82) is 0 Å². The molecule has 0 N–H and O–H groups in total. The minimum Gasteiger partial charge on any atom is -0.274 e. The maximum absolute atomic E-state index is 11.2. The Bertz CT molecular complexity index is 209. The summed E-state index contributed by atoms with van der Waals surface area (Å²) in [4.78, 5) is 15.9. The first-order valence-electron chi connectivity index (χ1n) is 4.85. The summed E-state index contributed by atoms with van der Waals surface area (Å²) in [6.45, 7) is 2.10. The summed E-state index contributed by atoms with van der Waals surface area (Å²) in [5.41, 5.74) is 0. The van der Waals surface area contributed by atoms with Gasteiger partial charge in [0, 0.05) is 13.1 Å². The van der Waals surface area contributed by atoms with Gasteiger partial charge in [0.15, 0.2) is 0 Å². The lowest BCUT2D eigenvalue weighted by Gasteiger charge is -2.09. The van der Waals surface area contributed by atoms with E-state index in [1.807, 2.05) is 6.08 Å². The molecule has 0 unspecified atom stereocenters. The zero-order chi connectivity index (χ0) is 10.8. The van der Waals surface area contributed by atoms with Crippen molar-refractivity contribution in [1.82, 2.24) is 5.06 Å². The molecule has 0 radical (unpaired) electrons. The molecule has 0 aliphatic rings. The second-order valence-corrected chi connectivity index (χ2v) is 2.88. The Morgan fingerprint density at radius 1 is 1.29 bits per heavy atom. The lowest BCUT2D eigenvalue weighted by molar-refractivity contribution is -0.162. The average Bonchev–Trinajstić information content (AvgIpc) is 2.21. The topological polar surface area (TPSA) is 29.5 Å². The van der Waals surface area contributed by atoms with Gasteiger partial charge in [-0.2, -0.15) is 0 Å². The minimum absolute atomic E-state index is 0.132. The number of carbonyl (C=O) groups excluding carboxylic acids is 1. The molecule has 0 heterocycles. The van der Waals surface area contributed by atoms with Gasteiger partial charge in [-0.3, -0.25) is 9.63 Å². The summed E-state index contributed by atoms with van der Waals surface area (Å²) in [5.74, 6) is -0.132. The molecule has 0 spiro atoms. The van der Waals surface area contributed by atoms with Gasteiger partial charge in [0.05, 0.1) is 7.11 Å². The molecule has 0 aromatic heterocycles. The number of rotatable bonds is 6. The molecule has 80 valence electrons. The normalized spacial score (nSPS) is 11.4. The third-order valence-electron chi connectivity index (χ3n) is 1.75. The number of carbonyl (C=O) groups is 1. The van der Waals surface area contributed by atoms with E-state index >= 15 is 0 Å². The van der Waals surface area contributed by atoms with Crippen LogP contribution in [0.4, 0.5) is 0 Å². The maximum Gasteiger partial charge on any atom is 0.269 e. The van der Waals surface area contributed by atoms with E-state index in [2.05, 4.69) is 19.1 Å². The Morgan fingerprint density at radius 2 is 1.93 bits per heavy atom. The van der Waals surface area contributed by atoms with E-state index in [9.17, 15) is 4.79 Å². The molecule has 0 bridgehead atoms. The molecule has 0 aromatic carbocycles. The van der Waals surface area contributed by atoms with Crippen molar-refractivity contribution in [3.8, 4) is 0 Å². The summed E-state index contributed by atoms with van der Waals surface area (Å²) in [6.07, 6.45) is 10.6. The Hall–Kier alpha value is -1.09. The van der Waals surface area contributed by atoms with Crippen molar-refractivity contribution in [2.75, 3.05) is 14.2 Å². The van der Waals surface area contributed by atoms with Crippen molar-refractivity contribution in [2.45, 2.75) is 26.2 Å². The lowest BCUT2D eigenvalue weighted by Crippen LogP contribution is -2.22. The highest BCUT2D eigenvalue weighted by Gasteiger charge is 2.00. The van der Waals surface area contributed by atoms with Crippen molar-refractivity contribution in [3.63, 3.8) is 0 Å². The highest BCUT2D eigenvalue weighted by atomic mass is 16.7. The molecule has 1 amide bonds. The second kappa shape index (κ2) is 8.51. The van der Waals surface area contributed by atoms with Crippen LogP contribution in [0.25, 0.3) is 0 Å². The summed E-state index contributed by atoms with van der Waals surface area (Å²) in [5, 5.41) is 1.19. The fourth-order valence-corrected chi connectivity index (χ4v) is 0.856. The smallest absolute Gasteiger partial charge is 0.269 e. The molecular formula is C11H19NO2. The molecule has 0 rings (SSSR count). The minimum atomic E-state index is -0.132. The number of allylic oxidation sites excluding steroid dienone is 3. The van der Waals surface area contributed by atoms with Crippen LogP contribution in [0, 0.1) is 0 Å². The molecule has 0 aliphatic heterocycles. The molecule has 0 saturated carbocycles. The van der Waals surface area contributed by atoms with E-state index in [0.717, 1.165) is 19.3 Å². The molecule has 3 heteroatoms. The van der Waals surface area contributed by atoms with Gasteiger partial charge in [-0.05, 0) is 19.3 Å². The van der Waals surface area contributed by atoms with E-state index < -0.39 is 0 Å². The van der Waals surface area contributed by atoms with Gasteiger partial charge in [-0.25, -0.2) is 5.06 Å². The first-order valence-corrected chi connectivity index (χ1v) is 4.85. The first-order chi connectivity index (χ1) is 6.72. The van der Waals surface area contributed by atoms with Crippen LogP contribution in [-0.2, 0) is 9.63 Å². The summed E-state index contributed by atoms with van der Waals surface area (Å²) >= 11 is 0. The van der Waals surface area contributed by atoms with Crippen LogP contribution in [0.1, 0.15) is 26.2 Å².